The van der Waals surface area contributed by atoms with Crippen LogP contribution < -0.4 is 0 Å². The second-order valence-corrected chi connectivity index (χ2v) is 6.10. The molecule has 0 spiro atoms. The Labute approximate surface area is 124 Å². The van der Waals surface area contributed by atoms with Gasteiger partial charge in [-0.25, -0.2) is 0 Å². The molecule has 0 saturated carbocycles. The molecule has 2 aromatic rings. The van der Waals surface area contributed by atoms with Crippen LogP contribution in [0.4, 0.5) is 0 Å². The summed E-state index contributed by atoms with van der Waals surface area (Å²) >= 11 is 1.48. The predicted molar refractivity (Wildman–Crippen MR) is 75.0 cm³/mol. The molecule has 0 saturated heterocycles. The van der Waals surface area contributed by atoms with Crippen molar-refractivity contribution in [1.29, 1.82) is 0 Å². The van der Waals surface area contributed by atoms with E-state index in [1.807, 2.05) is 0 Å². The van der Waals surface area contributed by atoms with Crippen molar-refractivity contribution in [2.45, 2.75) is 27.7 Å². The summed E-state index contributed by atoms with van der Waals surface area (Å²) < 4.78 is 1.46. The predicted octanol–water partition coefficient (Wildman–Crippen LogP) is 4.04. The summed E-state index contributed by atoms with van der Waals surface area (Å²) in [5, 5.41) is 0. The Morgan fingerprint density at radius 1 is 0.722 bits per heavy atom. The van der Waals surface area contributed by atoms with E-state index in [1.54, 1.807) is 0 Å². The number of benzene rings is 2. The molecule has 0 N–H and O–H groups in total. The molecule has 0 fully saturated rings. The zero-order valence-corrected chi connectivity index (χ0v) is 13.9. The van der Waals surface area contributed by atoms with E-state index in [-0.39, 0.29) is 0 Å². The van der Waals surface area contributed by atoms with Crippen molar-refractivity contribution < 1.29 is 24.2 Å². The van der Waals surface area contributed by atoms with Gasteiger partial charge in [0.1, 0.15) is 0 Å². The molecular weight excluding hydrogens is 295 g/mol. The Kier molecular flexibility index (Phi) is 4.12. The van der Waals surface area contributed by atoms with Crippen LogP contribution in [0.1, 0.15) is 33.4 Å². The average Bonchev–Trinajstić information content (AvgIpc) is 2.35. The van der Waals surface area contributed by atoms with Gasteiger partial charge in [-0.1, -0.05) is 0 Å². The molecule has 0 bridgehead atoms. The van der Waals surface area contributed by atoms with Gasteiger partial charge in [0.25, 0.3) is 0 Å². The first-order valence-corrected chi connectivity index (χ1v) is 7.47. The molecule has 0 aliphatic heterocycles. The van der Waals surface area contributed by atoms with Gasteiger partial charge in [-0.15, -0.1) is 0 Å². The number of hydrogen-bond acceptors (Lipinski definition) is 0. The molecule has 0 amide bonds. The van der Waals surface area contributed by atoms with Gasteiger partial charge in [-0.2, -0.15) is 0 Å². The zero-order chi connectivity index (χ0) is 13.3. The molecule has 0 radical (unpaired) electrons. The number of hydrogen-bond donors (Lipinski definition) is 0. The van der Waals surface area contributed by atoms with Gasteiger partial charge < -0.3 is 0 Å². The third-order valence-electron chi connectivity index (χ3n) is 3.75. The molecule has 88 valence electrons. The molecule has 2 rings (SSSR count). The van der Waals surface area contributed by atoms with E-state index in [1.165, 1.54) is 60.8 Å². The van der Waals surface area contributed by atoms with Gasteiger partial charge in [0.15, 0.2) is 0 Å². The topological polar surface area (TPSA) is 0 Å². The Hall–Kier alpha value is -0.807. The molecule has 0 aliphatic carbocycles. The van der Waals surface area contributed by atoms with Crippen LogP contribution in [0.5, 0.6) is 0 Å². The van der Waals surface area contributed by atoms with Crippen molar-refractivity contribution in [3.8, 4) is 0 Å². The Morgan fingerprint density at radius 2 is 1.11 bits per heavy atom. The zero-order valence-electron chi connectivity index (χ0n) is 11.5. The van der Waals surface area contributed by atoms with Crippen LogP contribution in [0.15, 0.2) is 36.4 Å². The van der Waals surface area contributed by atoms with Crippen molar-refractivity contribution in [2.24, 2.45) is 0 Å². The third-order valence-corrected chi connectivity index (χ3v) is 5.07. The van der Waals surface area contributed by atoms with Crippen LogP contribution in [0.25, 0.3) is 0 Å². The molecule has 2 aromatic carbocycles. The van der Waals surface area contributed by atoms with Gasteiger partial charge in [0.2, 0.25) is 0 Å². The van der Waals surface area contributed by atoms with Crippen molar-refractivity contribution in [3.05, 3.63) is 69.8 Å². The van der Waals surface area contributed by atoms with Crippen LogP contribution in [0, 0.1) is 27.7 Å². The van der Waals surface area contributed by atoms with Crippen molar-refractivity contribution >= 4 is 3.21 Å². The third kappa shape index (κ3) is 2.47. The fourth-order valence-corrected chi connectivity index (χ4v) is 3.52. The van der Waals surface area contributed by atoms with Crippen molar-refractivity contribution in [2.75, 3.05) is 0 Å². The van der Waals surface area contributed by atoms with E-state index in [0.717, 1.165) is 0 Å². The van der Waals surface area contributed by atoms with E-state index in [0.29, 0.717) is 0 Å². The minimum absolute atomic E-state index is 1.37. The summed E-state index contributed by atoms with van der Waals surface area (Å²) in [5.74, 6) is 0. The Bertz CT molecular complexity index is 556. The average molecular weight is 314 g/mol. The number of aryl methyl sites for hydroxylation is 2. The van der Waals surface area contributed by atoms with E-state index in [9.17, 15) is 0 Å². The quantitative estimate of drug-likeness (QED) is 0.785. The Balaban J connectivity index is 2.55. The summed E-state index contributed by atoms with van der Waals surface area (Å²) in [6, 6.07) is 13.2. The van der Waals surface area contributed by atoms with Crippen molar-refractivity contribution in [1.82, 2.24) is 0 Å². The van der Waals surface area contributed by atoms with E-state index in [2.05, 4.69) is 64.1 Å². The molecule has 0 heterocycles. The van der Waals surface area contributed by atoms with Gasteiger partial charge in [-0.3, -0.25) is 0 Å². The second kappa shape index (κ2) is 5.45. The van der Waals surface area contributed by atoms with E-state index < -0.39 is 0 Å². The molecule has 18 heavy (non-hydrogen) atoms. The fraction of sp³-hybridized carbons (Fsp3) is 0.235. The maximum absolute atomic E-state index is 2.24. The fourth-order valence-electron chi connectivity index (χ4n) is 2.19. The van der Waals surface area contributed by atoms with Crippen LogP contribution in [-0.2, 0) is 24.2 Å². The monoisotopic (exact) mass is 312 g/mol. The van der Waals surface area contributed by atoms with Crippen LogP contribution in [-0.4, -0.2) is 3.21 Å². The molecule has 0 aliphatic rings. The first kappa shape index (κ1) is 13.6. The van der Waals surface area contributed by atoms with Crippen molar-refractivity contribution in [3.63, 3.8) is 0 Å². The number of rotatable bonds is 2. The Morgan fingerprint density at radius 3 is 1.50 bits per heavy atom. The van der Waals surface area contributed by atoms with Crippen LogP contribution in [0.2, 0.25) is 0 Å². The van der Waals surface area contributed by atoms with Crippen LogP contribution in [0.3, 0.4) is 0 Å². The summed E-state index contributed by atoms with van der Waals surface area (Å²) in [4.78, 5) is 0. The molecule has 1 heteroatoms. The first-order valence-electron chi connectivity index (χ1n) is 6.24. The second-order valence-electron chi connectivity index (χ2n) is 4.87. The first-order chi connectivity index (χ1) is 8.52. The van der Waals surface area contributed by atoms with Gasteiger partial charge in [-0.05, 0) is 0 Å². The molecule has 0 atom stereocenters. The maximum atomic E-state index is 2.24. The van der Waals surface area contributed by atoms with Gasteiger partial charge in [0.05, 0.1) is 0 Å². The summed E-state index contributed by atoms with van der Waals surface area (Å²) in [5.41, 5.74) is 8.37. The van der Waals surface area contributed by atoms with Gasteiger partial charge in [0, 0.05) is 0 Å². The minimum atomic E-state index is 1.37. The summed E-state index contributed by atoms with van der Waals surface area (Å²) in [6.45, 7) is 8.82. The molecule has 0 aromatic heterocycles. The molecule has 0 unspecified atom stereocenters. The normalized spacial score (nSPS) is 10.6. The molecular formula is C17H18Zr+2. The van der Waals surface area contributed by atoms with Crippen LogP contribution >= 0.6 is 0 Å². The van der Waals surface area contributed by atoms with Gasteiger partial charge >= 0.3 is 125 Å². The SMILES string of the molecule is Cc1cccc([C](=[Zr+2])c2cccc(C)c2C)c1C. The van der Waals surface area contributed by atoms with E-state index in [4.69, 9.17) is 0 Å². The van der Waals surface area contributed by atoms with E-state index >= 15 is 0 Å². The standard InChI is InChI=1S/C17H18.Zr/c1-12-7-5-9-16(14(12)3)11-17-10-6-8-13(2)15(17)4;/h5-10H,1-4H3;/q;+2. The summed E-state index contributed by atoms with van der Waals surface area (Å²) in [6.07, 6.45) is 0. The molecule has 0 nitrogen and oxygen atoms in total. The summed E-state index contributed by atoms with van der Waals surface area (Å²) in [7, 11) is 0.